The summed E-state index contributed by atoms with van der Waals surface area (Å²) in [5.41, 5.74) is 0. The molecular weight excluding hydrogens is 223 g/mol. The zero-order valence-electron chi connectivity index (χ0n) is 6.56. The monoisotopic (exact) mass is 232 g/mol. The molecule has 0 unspecified atom stereocenters. The SMILES string of the molecule is FCCCNc1ncccc1Br. The summed E-state index contributed by atoms with van der Waals surface area (Å²) >= 11 is 3.33. The van der Waals surface area contributed by atoms with Gasteiger partial charge in [0.05, 0.1) is 11.1 Å². The predicted molar refractivity (Wildman–Crippen MR) is 51.0 cm³/mol. The van der Waals surface area contributed by atoms with Gasteiger partial charge in [0.25, 0.3) is 0 Å². The van der Waals surface area contributed by atoms with Crippen LogP contribution in [0.2, 0.25) is 0 Å². The van der Waals surface area contributed by atoms with E-state index < -0.39 is 0 Å². The quantitative estimate of drug-likeness (QED) is 0.808. The van der Waals surface area contributed by atoms with Gasteiger partial charge in [-0.05, 0) is 34.5 Å². The van der Waals surface area contributed by atoms with Gasteiger partial charge < -0.3 is 5.32 Å². The smallest absolute Gasteiger partial charge is 0.140 e. The van der Waals surface area contributed by atoms with Crippen molar-refractivity contribution in [3.63, 3.8) is 0 Å². The van der Waals surface area contributed by atoms with Crippen LogP contribution in [0.1, 0.15) is 6.42 Å². The Morgan fingerprint density at radius 3 is 3.08 bits per heavy atom. The van der Waals surface area contributed by atoms with E-state index >= 15 is 0 Å². The van der Waals surface area contributed by atoms with E-state index in [-0.39, 0.29) is 6.67 Å². The van der Waals surface area contributed by atoms with Crippen molar-refractivity contribution in [1.82, 2.24) is 4.98 Å². The number of alkyl halides is 1. The molecule has 0 aromatic carbocycles. The van der Waals surface area contributed by atoms with Crippen molar-refractivity contribution in [1.29, 1.82) is 0 Å². The van der Waals surface area contributed by atoms with Crippen LogP contribution in [0.3, 0.4) is 0 Å². The molecule has 66 valence electrons. The fraction of sp³-hybridized carbons (Fsp3) is 0.375. The lowest BCUT2D eigenvalue weighted by Gasteiger charge is -2.04. The molecule has 1 N–H and O–H groups in total. The highest BCUT2D eigenvalue weighted by Gasteiger charge is 1.96. The molecule has 0 spiro atoms. The molecule has 0 fully saturated rings. The van der Waals surface area contributed by atoms with Gasteiger partial charge in [0.1, 0.15) is 5.82 Å². The Morgan fingerprint density at radius 2 is 2.42 bits per heavy atom. The second-order valence-corrected chi connectivity index (χ2v) is 3.16. The van der Waals surface area contributed by atoms with E-state index in [1.807, 2.05) is 12.1 Å². The van der Waals surface area contributed by atoms with E-state index in [0.29, 0.717) is 13.0 Å². The van der Waals surface area contributed by atoms with E-state index in [1.54, 1.807) is 6.20 Å². The highest BCUT2D eigenvalue weighted by molar-refractivity contribution is 9.10. The summed E-state index contributed by atoms with van der Waals surface area (Å²) in [5, 5.41) is 3.02. The summed E-state index contributed by atoms with van der Waals surface area (Å²) in [6, 6.07) is 3.73. The Hall–Kier alpha value is -0.640. The molecule has 2 nitrogen and oxygen atoms in total. The number of pyridine rings is 1. The van der Waals surface area contributed by atoms with Crippen molar-refractivity contribution < 1.29 is 4.39 Å². The van der Waals surface area contributed by atoms with Crippen LogP contribution in [0.25, 0.3) is 0 Å². The lowest BCUT2D eigenvalue weighted by molar-refractivity contribution is 0.481. The van der Waals surface area contributed by atoms with Gasteiger partial charge >= 0.3 is 0 Å². The minimum absolute atomic E-state index is 0.294. The molecule has 4 heteroatoms. The maximum absolute atomic E-state index is 11.7. The largest absolute Gasteiger partial charge is 0.369 e. The molecule has 0 saturated heterocycles. The first-order valence-corrected chi connectivity index (χ1v) is 4.54. The maximum atomic E-state index is 11.7. The van der Waals surface area contributed by atoms with E-state index in [4.69, 9.17) is 0 Å². The predicted octanol–water partition coefficient (Wildman–Crippen LogP) is 2.62. The fourth-order valence-electron chi connectivity index (χ4n) is 0.789. The second-order valence-electron chi connectivity index (χ2n) is 2.30. The molecule has 12 heavy (non-hydrogen) atoms. The number of hydrogen-bond donors (Lipinski definition) is 1. The lowest BCUT2D eigenvalue weighted by atomic mass is 10.4. The van der Waals surface area contributed by atoms with Crippen LogP contribution in [0, 0.1) is 0 Å². The summed E-state index contributed by atoms with van der Waals surface area (Å²) in [4.78, 5) is 4.07. The third kappa shape index (κ3) is 2.77. The van der Waals surface area contributed by atoms with Gasteiger partial charge in [0.15, 0.2) is 0 Å². The Bertz CT molecular complexity index is 242. The van der Waals surface area contributed by atoms with E-state index in [9.17, 15) is 4.39 Å². The van der Waals surface area contributed by atoms with Crippen molar-refractivity contribution in [2.45, 2.75) is 6.42 Å². The molecule has 0 amide bonds. The van der Waals surface area contributed by atoms with Crippen LogP contribution in [0.5, 0.6) is 0 Å². The number of aromatic nitrogens is 1. The highest BCUT2D eigenvalue weighted by Crippen LogP contribution is 2.17. The summed E-state index contributed by atoms with van der Waals surface area (Å²) in [5.74, 6) is 0.769. The van der Waals surface area contributed by atoms with Crippen molar-refractivity contribution in [3.05, 3.63) is 22.8 Å². The number of nitrogens with one attached hydrogen (secondary N) is 1. The topological polar surface area (TPSA) is 24.9 Å². The van der Waals surface area contributed by atoms with Crippen LogP contribution in [0.4, 0.5) is 10.2 Å². The van der Waals surface area contributed by atoms with Crippen molar-refractivity contribution in [2.24, 2.45) is 0 Å². The molecular formula is C8H10BrFN2. The zero-order valence-corrected chi connectivity index (χ0v) is 8.14. The first-order valence-electron chi connectivity index (χ1n) is 3.75. The van der Waals surface area contributed by atoms with Gasteiger partial charge in [-0.15, -0.1) is 0 Å². The molecule has 0 aliphatic heterocycles. The van der Waals surface area contributed by atoms with Crippen molar-refractivity contribution in [2.75, 3.05) is 18.5 Å². The molecule has 0 radical (unpaired) electrons. The minimum atomic E-state index is -0.294. The molecule has 0 atom stereocenters. The Kier molecular flexibility index (Phi) is 4.00. The van der Waals surface area contributed by atoms with Crippen molar-refractivity contribution in [3.8, 4) is 0 Å². The Morgan fingerprint density at radius 1 is 1.58 bits per heavy atom. The van der Waals surface area contributed by atoms with Crippen molar-refractivity contribution >= 4 is 21.7 Å². The summed E-state index contributed by atoms with van der Waals surface area (Å²) in [6.45, 7) is 0.323. The number of rotatable bonds is 4. The third-order valence-electron chi connectivity index (χ3n) is 1.36. The molecule has 1 heterocycles. The van der Waals surface area contributed by atoms with E-state index in [2.05, 4.69) is 26.2 Å². The van der Waals surface area contributed by atoms with Gasteiger partial charge in [0.2, 0.25) is 0 Å². The van der Waals surface area contributed by atoms with Gasteiger partial charge in [-0.2, -0.15) is 0 Å². The van der Waals surface area contributed by atoms with E-state index in [1.165, 1.54) is 0 Å². The van der Waals surface area contributed by atoms with Crippen LogP contribution >= 0.6 is 15.9 Å². The van der Waals surface area contributed by atoms with Gasteiger partial charge in [-0.1, -0.05) is 0 Å². The molecule has 1 aromatic heterocycles. The highest BCUT2D eigenvalue weighted by atomic mass is 79.9. The molecule has 1 aromatic rings. The average molecular weight is 233 g/mol. The summed E-state index contributed by atoms with van der Waals surface area (Å²) < 4.78 is 12.6. The number of anilines is 1. The van der Waals surface area contributed by atoms with Crippen LogP contribution in [-0.4, -0.2) is 18.2 Å². The number of hydrogen-bond acceptors (Lipinski definition) is 2. The Labute approximate surface area is 79.3 Å². The minimum Gasteiger partial charge on any atom is -0.369 e. The van der Waals surface area contributed by atoms with Gasteiger partial charge in [-0.25, -0.2) is 4.98 Å². The number of halogens is 2. The summed E-state index contributed by atoms with van der Waals surface area (Å²) in [6.07, 6.45) is 2.21. The molecule has 0 aliphatic rings. The maximum Gasteiger partial charge on any atom is 0.140 e. The average Bonchev–Trinajstić information content (AvgIpc) is 2.09. The molecule has 0 aliphatic carbocycles. The van der Waals surface area contributed by atoms with Gasteiger partial charge in [0, 0.05) is 12.7 Å². The zero-order chi connectivity index (χ0) is 8.81. The van der Waals surface area contributed by atoms with Gasteiger partial charge in [-0.3, -0.25) is 4.39 Å². The van der Waals surface area contributed by atoms with E-state index in [0.717, 1.165) is 10.3 Å². The standard InChI is InChI=1S/C8H10BrFN2/c9-7-3-1-5-11-8(7)12-6-2-4-10/h1,3,5H,2,4,6H2,(H,11,12). The third-order valence-corrected chi connectivity index (χ3v) is 2.00. The fourth-order valence-corrected chi connectivity index (χ4v) is 1.18. The number of nitrogens with zero attached hydrogens (tertiary/aromatic N) is 1. The molecule has 0 bridgehead atoms. The first kappa shape index (κ1) is 9.45. The second kappa shape index (κ2) is 5.09. The Balaban J connectivity index is 2.46. The molecule has 1 rings (SSSR count). The lowest BCUT2D eigenvalue weighted by Crippen LogP contribution is -2.04. The molecule has 0 saturated carbocycles. The normalized spacial score (nSPS) is 9.83. The first-order chi connectivity index (χ1) is 5.84. The van der Waals surface area contributed by atoms with Crippen LogP contribution in [-0.2, 0) is 0 Å². The van der Waals surface area contributed by atoms with Crippen LogP contribution in [0.15, 0.2) is 22.8 Å². The van der Waals surface area contributed by atoms with Crippen LogP contribution < -0.4 is 5.32 Å². The summed E-state index contributed by atoms with van der Waals surface area (Å²) in [7, 11) is 0.